The van der Waals surface area contributed by atoms with E-state index >= 15 is 0 Å². The lowest BCUT2D eigenvalue weighted by Gasteiger charge is -2.15. The molecule has 23 heavy (non-hydrogen) atoms. The quantitative estimate of drug-likeness (QED) is 0.754. The highest BCUT2D eigenvalue weighted by atomic mass is 32.2. The number of aryl methyl sites for hydroxylation is 1. The second-order valence-electron chi connectivity index (χ2n) is 5.53. The molecular weight excluding hydrogens is 310 g/mol. The van der Waals surface area contributed by atoms with E-state index in [0.29, 0.717) is 12.2 Å². The van der Waals surface area contributed by atoms with Crippen LogP contribution in [0.4, 0.5) is 0 Å². The van der Waals surface area contributed by atoms with Gasteiger partial charge in [-0.05, 0) is 37.6 Å². The van der Waals surface area contributed by atoms with Crippen molar-refractivity contribution in [2.75, 3.05) is 0 Å². The predicted molar refractivity (Wildman–Crippen MR) is 90.6 cm³/mol. The Bertz CT molecular complexity index is 881. The summed E-state index contributed by atoms with van der Waals surface area (Å²) in [4.78, 5) is 7.95. The third kappa shape index (κ3) is 3.28. The Kier molecular flexibility index (Phi) is 4.19. The fraction of sp³-hybridized carbons (Fsp3) is 0.235. The average molecular weight is 329 g/mol. The minimum Gasteiger partial charge on any atom is -0.341 e. The summed E-state index contributed by atoms with van der Waals surface area (Å²) in [6, 6.07) is 14.1. The van der Waals surface area contributed by atoms with Crippen molar-refractivity contribution in [1.29, 1.82) is 0 Å². The van der Waals surface area contributed by atoms with Gasteiger partial charge in [-0.3, -0.25) is 0 Å². The van der Waals surface area contributed by atoms with Gasteiger partial charge in [-0.1, -0.05) is 36.8 Å². The van der Waals surface area contributed by atoms with Gasteiger partial charge in [0.2, 0.25) is 10.0 Å². The number of hydrogen-bond acceptors (Lipinski definition) is 3. The highest BCUT2D eigenvalue weighted by Gasteiger charge is 2.22. The number of fused-ring (bicyclic) bond motifs is 1. The summed E-state index contributed by atoms with van der Waals surface area (Å²) in [5.74, 6) is 0.629. The Hall–Kier alpha value is -2.18. The molecule has 6 heteroatoms. The second kappa shape index (κ2) is 6.14. The molecule has 2 aromatic carbocycles. The lowest BCUT2D eigenvalue weighted by atomic mass is 10.2. The lowest BCUT2D eigenvalue weighted by Crippen LogP contribution is -2.29. The number of aromatic nitrogens is 2. The fourth-order valence-corrected chi connectivity index (χ4v) is 3.73. The minimum absolute atomic E-state index is 0.262. The largest absolute Gasteiger partial charge is 0.341 e. The molecule has 5 nitrogen and oxygen atoms in total. The van der Waals surface area contributed by atoms with Crippen LogP contribution in [0.15, 0.2) is 53.4 Å². The maximum atomic E-state index is 12.5. The number of para-hydroxylation sites is 2. The second-order valence-corrected chi connectivity index (χ2v) is 7.25. The molecule has 1 aromatic heterocycles. The Morgan fingerprint density at radius 3 is 2.48 bits per heavy atom. The summed E-state index contributed by atoms with van der Waals surface area (Å²) in [7, 11) is -3.58. The molecule has 1 atom stereocenters. The SMILES string of the molecule is CC[C@@H](NS(=O)(=O)c1ccc(C)cc1)c1nc2ccccc2[nH]1. The van der Waals surface area contributed by atoms with Crippen LogP contribution in [0.5, 0.6) is 0 Å². The van der Waals surface area contributed by atoms with E-state index in [9.17, 15) is 8.42 Å². The summed E-state index contributed by atoms with van der Waals surface area (Å²) < 4.78 is 27.8. The van der Waals surface area contributed by atoms with E-state index in [1.807, 2.05) is 38.1 Å². The number of aromatic amines is 1. The molecule has 0 bridgehead atoms. The van der Waals surface area contributed by atoms with E-state index in [2.05, 4.69) is 14.7 Å². The Morgan fingerprint density at radius 1 is 1.13 bits per heavy atom. The van der Waals surface area contributed by atoms with Crippen molar-refractivity contribution in [1.82, 2.24) is 14.7 Å². The molecule has 0 fully saturated rings. The van der Waals surface area contributed by atoms with Gasteiger partial charge in [-0.25, -0.2) is 18.1 Å². The zero-order valence-corrected chi connectivity index (χ0v) is 13.9. The standard InChI is InChI=1S/C17H19N3O2S/c1-3-14(17-18-15-6-4-5-7-16(15)19-17)20-23(21,22)13-10-8-12(2)9-11-13/h4-11,14,20H,3H2,1-2H3,(H,18,19)/t14-/m1/s1. The Morgan fingerprint density at radius 2 is 1.83 bits per heavy atom. The van der Waals surface area contributed by atoms with E-state index in [-0.39, 0.29) is 4.90 Å². The highest BCUT2D eigenvalue weighted by Crippen LogP contribution is 2.21. The molecule has 3 aromatic rings. The van der Waals surface area contributed by atoms with E-state index in [0.717, 1.165) is 16.6 Å². The van der Waals surface area contributed by atoms with Crippen molar-refractivity contribution >= 4 is 21.1 Å². The van der Waals surface area contributed by atoms with Gasteiger partial charge in [0.05, 0.1) is 22.0 Å². The van der Waals surface area contributed by atoms with Gasteiger partial charge in [0.15, 0.2) is 0 Å². The molecule has 2 N–H and O–H groups in total. The molecule has 0 saturated carbocycles. The lowest BCUT2D eigenvalue weighted by molar-refractivity contribution is 0.540. The fourth-order valence-electron chi connectivity index (χ4n) is 2.44. The van der Waals surface area contributed by atoms with Gasteiger partial charge in [0.25, 0.3) is 0 Å². The van der Waals surface area contributed by atoms with Crippen molar-refractivity contribution in [3.05, 3.63) is 59.9 Å². The van der Waals surface area contributed by atoms with Gasteiger partial charge in [0.1, 0.15) is 5.82 Å². The number of nitrogens with zero attached hydrogens (tertiary/aromatic N) is 1. The smallest absolute Gasteiger partial charge is 0.241 e. The summed E-state index contributed by atoms with van der Waals surface area (Å²) in [5, 5.41) is 0. The third-order valence-corrected chi connectivity index (χ3v) is 5.26. The molecule has 3 rings (SSSR count). The van der Waals surface area contributed by atoms with Crippen LogP contribution in [-0.4, -0.2) is 18.4 Å². The summed E-state index contributed by atoms with van der Waals surface area (Å²) in [6.07, 6.45) is 0.602. The van der Waals surface area contributed by atoms with Crippen molar-refractivity contribution in [2.24, 2.45) is 0 Å². The highest BCUT2D eigenvalue weighted by molar-refractivity contribution is 7.89. The van der Waals surface area contributed by atoms with Gasteiger partial charge < -0.3 is 4.98 Å². The maximum absolute atomic E-state index is 12.5. The Balaban J connectivity index is 1.90. The molecule has 0 aliphatic carbocycles. The van der Waals surface area contributed by atoms with Crippen LogP contribution in [0.3, 0.4) is 0 Å². The van der Waals surface area contributed by atoms with Gasteiger partial charge in [-0.2, -0.15) is 0 Å². The molecular formula is C17H19N3O2S. The normalized spacial score (nSPS) is 13.3. The zero-order valence-electron chi connectivity index (χ0n) is 13.1. The van der Waals surface area contributed by atoms with Crippen molar-refractivity contribution < 1.29 is 8.42 Å². The molecule has 0 unspecified atom stereocenters. The Labute approximate surface area is 135 Å². The first-order valence-electron chi connectivity index (χ1n) is 7.53. The number of sulfonamides is 1. The van der Waals surface area contributed by atoms with Gasteiger partial charge in [0, 0.05) is 0 Å². The molecule has 0 aliphatic rings. The molecule has 0 amide bonds. The average Bonchev–Trinajstić information content (AvgIpc) is 2.97. The first-order chi connectivity index (χ1) is 11.0. The molecule has 0 spiro atoms. The van der Waals surface area contributed by atoms with Crippen molar-refractivity contribution in [3.8, 4) is 0 Å². The van der Waals surface area contributed by atoms with Crippen LogP contribution in [0.1, 0.15) is 30.8 Å². The number of nitrogens with one attached hydrogen (secondary N) is 2. The van der Waals surface area contributed by atoms with Crippen molar-refractivity contribution in [2.45, 2.75) is 31.2 Å². The molecule has 1 heterocycles. The first kappa shape index (κ1) is 15.7. The third-order valence-electron chi connectivity index (χ3n) is 3.77. The number of imidazole rings is 1. The van der Waals surface area contributed by atoms with Crippen LogP contribution in [0.25, 0.3) is 11.0 Å². The summed E-state index contributed by atoms with van der Waals surface area (Å²) in [6.45, 7) is 3.85. The topological polar surface area (TPSA) is 74.8 Å². The van der Waals surface area contributed by atoms with Crippen LogP contribution < -0.4 is 4.72 Å². The minimum atomic E-state index is -3.58. The maximum Gasteiger partial charge on any atom is 0.241 e. The van der Waals surface area contributed by atoms with E-state index in [1.54, 1.807) is 24.3 Å². The predicted octanol–water partition coefficient (Wildman–Crippen LogP) is 3.30. The van der Waals surface area contributed by atoms with E-state index < -0.39 is 16.1 Å². The molecule has 0 radical (unpaired) electrons. The van der Waals surface area contributed by atoms with Gasteiger partial charge in [-0.15, -0.1) is 0 Å². The number of rotatable bonds is 5. The van der Waals surface area contributed by atoms with E-state index in [4.69, 9.17) is 0 Å². The van der Waals surface area contributed by atoms with Gasteiger partial charge >= 0.3 is 0 Å². The van der Waals surface area contributed by atoms with Crippen LogP contribution in [0.2, 0.25) is 0 Å². The zero-order chi connectivity index (χ0) is 16.4. The summed E-state index contributed by atoms with van der Waals surface area (Å²) in [5.41, 5.74) is 2.75. The van der Waals surface area contributed by atoms with Crippen LogP contribution in [0, 0.1) is 6.92 Å². The number of H-pyrrole nitrogens is 1. The molecule has 0 saturated heterocycles. The number of benzene rings is 2. The summed E-state index contributed by atoms with van der Waals surface area (Å²) >= 11 is 0. The van der Waals surface area contributed by atoms with Crippen LogP contribution in [-0.2, 0) is 10.0 Å². The first-order valence-corrected chi connectivity index (χ1v) is 9.01. The van der Waals surface area contributed by atoms with Crippen molar-refractivity contribution in [3.63, 3.8) is 0 Å². The van der Waals surface area contributed by atoms with Crippen LogP contribution >= 0.6 is 0 Å². The monoisotopic (exact) mass is 329 g/mol. The molecule has 0 aliphatic heterocycles. The van der Waals surface area contributed by atoms with E-state index in [1.165, 1.54) is 0 Å². The number of hydrogen-bond donors (Lipinski definition) is 2. The molecule has 120 valence electrons.